The molecule has 5 heteroatoms. The van der Waals surface area contributed by atoms with E-state index >= 15 is 0 Å². The number of aromatic nitrogens is 3. The molecule has 0 saturated carbocycles. The number of hydrogen-bond acceptors (Lipinski definition) is 5. The van der Waals surface area contributed by atoms with Gasteiger partial charge >= 0.3 is 0 Å². The van der Waals surface area contributed by atoms with Gasteiger partial charge in [-0.3, -0.25) is 0 Å². The number of fused-ring (bicyclic) bond motifs is 6. The fourth-order valence-corrected chi connectivity index (χ4v) is 8.81. The third-order valence-electron chi connectivity index (χ3n) is 10.6. The molecule has 0 aliphatic carbocycles. The highest BCUT2D eigenvalue weighted by Crippen LogP contribution is 2.41. The van der Waals surface area contributed by atoms with Gasteiger partial charge in [0.1, 0.15) is 11.2 Å². The molecule has 0 saturated heterocycles. The van der Waals surface area contributed by atoms with Crippen molar-refractivity contribution < 1.29 is 4.42 Å². The predicted octanol–water partition coefficient (Wildman–Crippen LogP) is 14.1. The van der Waals surface area contributed by atoms with E-state index in [0.717, 1.165) is 55.3 Å². The molecule has 8 aromatic carbocycles. The number of rotatable bonds is 6. The molecule has 0 aliphatic rings. The molecule has 262 valence electrons. The van der Waals surface area contributed by atoms with Gasteiger partial charge in [0.25, 0.3) is 0 Å². The predicted molar refractivity (Wildman–Crippen MR) is 233 cm³/mol. The van der Waals surface area contributed by atoms with Gasteiger partial charge in [-0.05, 0) is 75.8 Å². The van der Waals surface area contributed by atoms with E-state index in [1.54, 1.807) is 0 Å². The van der Waals surface area contributed by atoms with Crippen molar-refractivity contribution in [2.24, 2.45) is 0 Å². The molecule has 0 radical (unpaired) electrons. The summed E-state index contributed by atoms with van der Waals surface area (Å²) in [5, 5.41) is 4.54. The molecular formula is C51H31N3OS. The molecule has 0 spiro atoms. The number of furan rings is 1. The van der Waals surface area contributed by atoms with Gasteiger partial charge in [0.15, 0.2) is 17.5 Å². The molecule has 11 rings (SSSR count). The second kappa shape index (κ2) is 13.3. The zero-order valence-electron chi connectivity index (χ0n) is 30.1. The third-order valence-corrected chi connectivity index (χ3v) is 11.7. The summed E-state index contributed by atoms with van der Waals surface area (Å²) < 4.78 is 9.06. The van der Waals surface area contributed by atoms with Gasteiger partial charge in [-0.2, -0.15) is 0 Å². The second-order valence-corrected chi connectivity index (χ2v) is 15.1. The Hall–Kier alpha value is -7.21. The standard InChI is InChI=1S/C51H31N3OS/c1-4-11-32(12-5-1)34-19-21-36(22-20-34)50-52-49(35-15-8-3-9-16-35)53-51(54-50)40-17-10-18-45-48(40)43-31-38(23-26-44(43)55-45)39-25-28-47-42(30-39)41-29-37(24-27-46(41)56-47)33-13-6-2-7-14-33/h1-31H. The van der Waals surface area contributed by atoms with Crippen molar-refractivity contribution in [3.8, 4) is 67.5 Å². The average Bonchev–Trinajstić information content (AvgIpc) is 3.84. The van der Waals surface area contributed by atoms with Crippen LogP contribution in [0.4, 0.5) is 0 Å². The van der Waals surface area contributed by atoms with Crippen LogP contribution in [0.25, 0.3) is 110 Å². The molecule has 56 heavy (non-hydrogen) atoms. The van der Waals surface area contributed by atoms with Crippen LogP contribution in [-0.4, -0.2) is 15.0 Å². The zero-order valence-corrected chi connectivity index (χ0v) is 30.9. The van der Waals surface area contributed by atoms with Crippen LogP contribution in [-0.2, 0) is 0 Å². The van der Waals surface area contributed by atoms with Gasteiger partial charge in [-0.15, -0.1) is 11.3 Å². The van der Waals surface area contributed by atoms with Crippen LogP contribution in [0.3, 0.4) is 0 Å². The molecule has 0 fully saturated rings. The van der Waals surface area contributed by atoms with E-state index in [9.17, 15) is 0 Å². The molecular weight excluding hydrogens is 703 g/mol. The summed E-state index contributed by atoms with van der Waals surface area (Å²) in [5.74, 6) is 1.83. The Kier molecular flexibility index (Phi) is 7.64. The minimum absolute atomic E-state index is 0.597. The molecule has 0 unspecified atom stereocenters. The fraction of sp³-hybridized carbons (Fsp3) is 0. The van der Waals surface area contributed by atoms with Crippen molar-refractivity contribution in [2.75, 3.05) is 0 Å². The molecule has 0 amide bonds. The molecule has 0 N–H and O–H groups in total. The third kappa shape index (κ3) is 5.65. The van der Waals surface area contributed by atoms with Crippen LogP contribution in [0.2, 0.25) is 0 Å². The highest BCUT2D eigenvalue weighted by atomic mass is 32.1. The van der Waals surface area contributed by atoms with Gasteiger partial charge in [0, 0.05) is 47.6 Å². The van der Waals surface area contributed by atoms with Crippen LogP contribution in [0.15, 0.2) is 192 Å². The maximum Gasteiger partial charge on any atom is 0.164 e. The minimum Gasteiger partial charge on any atom is -0.456 e. The first-order valence-corrected chi connectivity index (χ1v) is 19.5. The lowest BCUT2D eigenvalue weighted by atomic mass is 9.98. The Bertz CT molecular complexity index is 3230. The minimum atomic E-state index is 0.597. The van der Waals surface area contributed by atoms with Crippen LogP contribution in [0.5, 0.6) is 0 Å². The van der Waals surface area contributed by atoms with Crippen molar-refractivity contribution >= 4 is 53.4 Å². The van der Waals surface area contributed by atoms with Crippen LogP contribution in [0, 0.1) is 0 Å². The average molecular weight is 734 g/mol. The Morgan fingerprint density at radius 2 is 0.768 bits per heavy atom. The number of benzene rings is 8. The quantitative estimate of drug-likeness (QED) is 0.171. The summed E-state index contributed by atoms with van der Waals surface area (Å²) in [6.45, 7) is 0. The monoisotopic (exact) mass is 733 g/mol. The lowest BCUT2D eigenvalue weighted by Crippen LogP contribution is -2.00. The van der Waals surface area contributed by atoms with E-state index in [2.05, 4.69) is 140 Å². The fourth-order valence-electron chi connectivity index (χ4n) is 7.74. The Morgan fingerprint density at radius 3 is 1.39 bits per heavy atom. The zero-order chi connectivity index (χ0) is 37.0. The molecule has 3 heterocycles. The van der Waals surface area contributed by atoms with E-state index in [4.69, 9.17) is 19.4 Å². The number of hydrogen-bond donors (Lipinski definition) is 0. The summed E-state index contributed by atoms with van der Waals surface area (Å²) in [4.78, 5) is 15.3. The lowest BCUT2D eigenvalue weighted by molar-refractivity contribution is 0.669. The van der Waals surface area contributed by atoms with Crippen molar-refractivity contribution in [3.05, 3.63) is 188 Å². The van der Waals surface area contributed by atoms with E-state index in [1.165, 1.54) is 36.9 Å². The summed E-state index contributed by atoms with van der Waals surface area (Å²) in [7, 11) is 0. The maximum absolute atomic E-state index is 6.49. The van der Waals surface area contributed by atoms with Gasteiger partial charge in [0.05, 0.1) is 0 Å². The number of thiophene rings is 1. The van der Waals surface area contributed by atoms with Gasteiger partial charge in [-0.25, -0.2) is 15.0 Å². The topological polar surface area (TPSA) is 51.8 Å². The first-order chi connectivity index (χ1) is 27.7. The summed E-state index contributed by atoms with van der Waals surface area (Å²) in [5.41, 5.74) is 11.4. The summed E-state index contributed by atoms with van der Waals surface area (Å²) in [6, 6.07) is 65.8. The molecule has 4 nitrogen and oxygen atoms in total. The van der Waals surface area contributed by atoms with Gasteiger partial charge in [0.2, 0.25) is 0 Å². The van der Waals surface area contributed by atoms with Gasteiger partial charge in [-0.1, -0.05) is 146 Å². The van der Waals surface area contributed by atoms with Crippen molar-refractivity contribution in [1.29, 1.82) is 0 Å². The maximum atomic E-state index is 6.49. The normalized spacial score (nSPS) is 11.6. The van der Waals surface area contributed by atoms with Crippen LogP contribution in [0.1, 0.15) is 0 Å². The Labute approximate surface area is 327 Å². The Balaban J connectivity index is 1.05. The lowest BCUT2D eigenvalue weighted by Gasteiger charge is -2.10. The van der Waals surface area contributed by atoms with Crippen molar-refractivity contribution in [2.45, 2.75) is 0 Å². The second-order valence-electron chi connectivity index (χ2n) is 14.0. The van der Waals surface area contributed by atoms with Gasteiger partial charge < -0.3 is 4.42 Å². The smallest absolute Gasteiger partial charge is 0.164 e. The largest absolute Gasteiger partial charge is 0.456 e. The van der Waals surface area contributed by atoms with E-state index in [-0.39, 0.29) is 0 Å². The first kappa shape index (κ1) is 32.2. The van der Waals surface area contributed by atoms with Crippen molar-refractivity contribution in [1.82, 2.24) is 15.0 Å². The van der Waals surface area contributed by atoms with E-state index in [0.29, 0.717) is 17.5 Å². The Morgan fingerprint density at radius 1 is 0.321 bits per heavy atom. The molecule has 0 aliphatic heterocycles. The SMILES string of the molecule is c1ccc(-c2ccc(-c3nc(-c4ccccc4)nc(-c4cccc5oc6ccc(-c7ccc8sc9ccc(-c%10ccccc%10)cc9c8c7)cc6c45)n3)cc2)cc1. The summed E-state index contributed by atoms with van der Waals surface area (Å²) in [6.07, 6.45) is 0. The first-order valence-electron chi connectivity index (χ1n) is 18.7. The highest BCUT2D eigenvalue weighted by Gasteiger charge is 2.19. The van der Waals surface area contributed by atoms with Crippen LogP contribution < -0.4 is 0 Å². The molecule has 0 bridgehead atoms. The number of nitrogens with zero attached hydrogens (tertiary/aromatic N) is 3. The summed E-state index contributed by atoms with van der Waals surface area (Å²) >= 11 is 1.84. The molecule has 3 aromatic heterocycles. The molecule has 11 aromatic rings. The van der Waals surface area contributed by atoms with E-state index < -0.39 is 0 Å². The van der Waals surface area contributed by atoms with Crippen LogP contribution >= 0.6 is 11.3 Å². The van der Waals surface area contributed by atoms with Crippen molar-refractivity contribution in [3.63, 3.8) is 0 Å². The molecule has 0 atom stereocenters. The highest BCUT2D eigenvalue weighted by molar-refractivity contribution is 7.25. The van der Waals surface area contributed by atoms with E-state index in [1.807, 2.05) is 59.9 Å².